The summed E-state index contributed by atoms with van der Waals surface area (Å²) in [6, 6.07) is 4.60. The molecule has 0 aromatic heterocycles. The van der Waals surface area contributed by atoms with Crippen LogP contribution >= 0.6 is 11.8 Å². The summed E-state index contributed by atoms with van der Waals surface area (Å²) >= 11 is 5.49. The Kier molecular flexibility index (Phi) is 4.82. The highest BCUT2D eigenvalue weighted by Gasteiger charge is 2.32. The summed E-state index contributed by atoms with van der Waals surface area (Å²) < 4.78 is 10.6. The molecule has 1 aliphatic heterocycles. The van der Waals surface area contributed by atoms with Crippen LogP contribution in [0.25, 0.3) is 0 Å². The monoisotopic (exact) mass is 300 g/mol. The Bertz CT molecular complexity index is 497. The molecule has 7 heteroatoms. The molecule has 2 rings (SSSR count). The van der Waals surface area contributed by atoms with E-state index < -0.39 is 11.9 Å². The smallest absolute Gasteiger partial charge is 0.269 e. The van der Waals surface area contributed by atoms with Crippen LogP contribution in [0.5, 0.6) is 5.75 Å². The zero-order chi connectivity index (χ0) is 14.7. The molecule has 2 N–H and O–H groups in total. The van der Waals surface area contributed by atoms with Crippen LogP contribution in [0, 0.1) is 0 Å². The van der Waals surface area contributed by atoms with Crippen LogP contribution in [0.3, 0.4) is 0 Å². The van der Waals surface area contributed by atoms with E-state index in [1.807, 2.05) is 6.92 Å². The van der Waals surface area contributed by atoms with Gasteiger partial charge in [-0.1, -0.05) is 6.07 Å². The number of halogens is 1. The molecular formula is C13H17ClN2O4. The average Bonchev–Trinajstić information content (AvgIpc) is 2.43. The number of methoxy groups -OCH3 is 1. The number of amides is 1. The lowest BCUT2D eigenvalue weighted by Crippen LogP contribution is -2.47. The predicted molar refractivity (Wildman–Crippen MR) is 74.2 cm³/mol. The number of hydroxylamine groups is 1. The number of ether oxygens (including phenoxy) is 2. The quantitative estimate of drug-likeness (QED) is 0.637. The summed E-state index contributed by atoms with van der Waals surface area (Å²) in [5.41, 5.74) is 1.23. The van der Waals surface area contributed by atoms with Gasteiger partial charge in [-0.25, -0.2) is 4.84 Å². The van der Waals surface area contributed by atoms with E-state index in [1.165, 1.54) is 0 Å². The summed E-state index contributed by atoms with van der Waals surface area (Å²) in [5.74, 6) is 0.0759. The van der Waals surface area contributed by atoms with Crippen molar-refractivity contribution in [3.05, 3.63) is 23.8 Å². The molecule has 0 saturated carbocycles. The fourth-order valence-corrected chi connectivity index (χ4v) is 2.32. The van der Waals surface area contributed by atoms with Crippen molar-refractivity contribution in [1.29, 1.82) is 0 Å². The Morgan fingerprint density at radius 3 is 3.00 bits per heavy atom. The number of nitrogens with zero attached hydrogens (tertiary/aromatic N) is 1. The van der Waals surface area contributed by atoms with Gasteiger partial charge in [-0.15, -0.1) is 0 Å². The van der Waals surface area contributed by atoms with Crippen LogP contribution in [-0.4, -0.2) is 37.0 Å². The number of nitrogens with one attached hydrogen (secondary N) is 1. The fraction of sp³-hybridized carbons (Fsp3) is 0.462. The molecule has 110 valence electrons. The largest absolute Gasteiger partial charge is 0.488 e. The van der Waals surface area contributed by atoms with Crippen molar-refractivity contribution in [1.82, 2.24) is 4.84 Å². The second kappa shape index (κ2) is 6.41. The van der Waals surface area contributed by atoms with Crippen LogP contribution in [0.15, 0.2) is 18.2 Å². The van der Waals surface area contributed by atoms with Gasteiger partial charge >= 0.3 is 0 Å². The maximum absolute atomic E-state index is 11.8. The zero-order valence-corrected chi connectivity index (χ0v) is 12.1. The molecule has 0 aliphatic carbocycles. The first-order valence-electron chi connectivity index (χ1n) is 6.24. The minimum absolute atomic E-state index is 0.123. The highest BCUT2D eigenvalue weighted by atomic mass is 35.5. The number of fused-ring (bicyclic) bond motifs is 1. The third-order valence-corrected chi connectivity index (χ3v) is 3.35. The van der Waals surface area contributed by atoms with Crippen LogP contribution < -0.4 is 14.6 Å². The lowest BCUT2D eigenvalue weighted by Gasteiger charge is -2.29. The van der Waals surface area contributed by atoms with E-state index in [9.17, 15) is 10.0 Å². The van der Waals surface area contributed by atoms with Crippen molar-refractivity contribution in [3.63, 3.8) is 0 Å². The Hall–Kier alpha value is -1.34. The summed E-state index contributed by atoms with van der Waals surface area (Å²) in [4.78, 5) is 14.2. The van der Waals surface area contributed by atoms with E-state index in [0.717, 1.165) is 5.56 Å². The molecule has 2 atom stereocenters. The first-order valence-corrected chi connectivity index (χ1v) is 6.62. The molecule has 6 nitrogen and oxygen atoms in total. The van der Waals surface area contributed by atoms with Gasteiger partial charge in [0.2, 0.25) is 0 Å². The highest BCUT2D eigenvalue weighted by Crippen LogP contribution is 2.31. The Morgan fingerprint density at radius 1 is 1.60 bits per heavy atom. The molecule has 1 aliphatic rings. The van der Waals surface area contributed by atoms with Crippen molar-refractivity contribution in [2.75, 3.05) is 18.8 Å². The van der Waals surface area contributed by atoms with Crippen LogP contribution in [0.1, 0.15) is 12.5 Å². The number of hydrogen-bond acceptors (Lipinski definition) is 5. The van der Waals surface area contributed by atoms with Crippen molar-refractivity contribution in [3.8, 4) is 5.75 Å². The molecule has 0 fully saturated rings. The maximum atomic E-state index is 11.8. The fourth-order valence-electron chi connectivity index (χ4n) is 2.15. The van der Waals surface area contributed by atoms with Gasteiger partial charge in [0.15, 0.2) is 0 Å². The predicted octanol–water partition coefficient (Wildman–Crippen LogP) is 1.49. The molecule has 0 bridgehead atoms. The van der Waals surface area contributed by atoms with Crippen LogP contribution in [0.2, 0.25) is 0 Å². The zero-order valence-electron chi connectivity index (χ0n) is 11.3. The van der Waals surface area contributed by atoms with Gasteiger partial charge < -0.3 is 9.47 Å². The second-order valence-corrected chi connectivity index (χ2v) is 4.91. The first kappa shape index (κ1) is 15.1. The number of anilines is 1. The summed E-state index contributed by atoms with van der Waals surface area (Å²) in [7, 11) is 1.60. The van der Waals surface area contributed by atoms with Crippen LogP contribution in [0.4, 0.5) is 5.69 Å². The third-order valence-electron chi connectivity index (χ3n) is 3.09. The molecule has 0 unspecified atom stereocenters. The van der Waals surface area contributed by atoms with Crippen molar-refractivity contribution < 1.29 is 19.5 Å². The molecule has 1 aromatic rings. The van der Waals surface area contributed by atoms with E-state index in [4.69, 9.17) is 21.3 Å². The SMILES string of the molecule is COC[C@H](C)Oc1ccc2c(c1)N(O)C(=O)[C@@H](NCl)C2. The summed E-state index contributed by atoms with van der Waals surface area (Å²) in [6.07, 6.45) is 0.296. The van der Waals surface area contributed by atoms with Crippen LogP contribution in [-0.2, 0) is 16.0 Å². The second-order valence-electron chi connectivity index (χ2n) is 4.69. The molecule has 0 spiro atoms. The molecular weight excluding hydrogens is 284 g/mol. The molecule has 1 amide bonds. The standard InChI is InChI=1S/C13H17ClN2O4/c1-8(7-19-2)20-10-4-3-9-5-11(15-14)13(17)16(18)12(9)6-10/h3-4,6,8,11,15,18H,5,7H2,1-2H3/t8-,11-/m0/s1. The third kappa shape index (κ3) is 3.04. The van der Waals surface area contributed by atoms with Gasteiger partial charge in [-0.2, -0.15) is 5.06 Å². The van der Waals surface area contributed by atoms with Crippen molar-refractivity contribution in [2.24, 2.45) is 0 Å². The number of hydrogen-bond donors (Lipinski definition) is 2. The molecule has 0 radical (unpaired) electrons. The van der Waals surface area contributed by atoms with Gasteiger partial charge in [0.25, 0.3) is 5.91 Å². The van der Waals surface area contributed by atoms with Gasteiger partial charge in [0.1, 0.15) is 17.9 Å². The van der Waals surface area contributed by atoms with E-state index in [1.54, 1.807) is 25.3 Å². The van der Waals surface area contributed by atoms with Gasteiger partial charge in [-0.05, 0) is 30.3 Å². The Labute approximate surface area is 122 Å². The van der Waals surface area contributed by atoms with Gasteiger partial charge in [-0.3, -0.25) is 10.0 Å². The Balaban J connectivity index is 2.21. The minimum Gasteiger partial charge on any atom is -0.488 e. The topological polar surface area (TPSA) is 71.0 Å². The average molecular weight is 301 g/mol. The molecule has 20 heavy (non-hydrogen) atoms. The number of carbonyl (C=O) groups is 1. The van der Waals surface area contributed by atoms with E-state index in [-0.39, 0.29) is 6.10 Å². The van der Waals surface area contributed by atoms with Crippen molar-refractivity contribution in [2.45, 2.75) is 25.5 Å². The molecule has 1 aromatic carbocycles. The van der Waals surface area contributed by atoms with Gasteiger partial charge in [0, 0.05) is 19.6 Å². The molecule has 1 heterocycles. The number of benzene rings is 1. The summed E-state index contributed by atoms with van der Waals surface area (Å²) in [5, 5.41) is 10.5. The summed E-state index contributed by atoms with van der Waals surface area (Å²) in [6.45, 7) is 2.33. The minimum atomic E-state index is -0.631. The van der Waals surface area contributed by atoms with E-state index in [2.05, 4.69) is 4.84 Å². The number of carbonyl (C=O) groups excluding carboxylic acids is 1. The lowest BCUT2D eigenvalue weighted by atomic mass is 9.99. The highest BCUT2D eigenvalue weighted by molar-refractivity contribution is 6.16. The number of rotatable bonds is 5. The maximum Gasteiger partial charge on any atom is 0.269 e. The Morgan fingerprint density at radius 2 is 2.35 bits per heavy atom. The lowest BCUT2D eigenvalue weighted by molar-refractivity contribution is -0.125. The normalized spacial score (nSPS) is 19.7. The van der Waals surface area contributed by atoms with E-state index in [0.29, 0.717) is 29.5 Å². The first-order chi connectivity index (χ1) is 9.56. The molecule has 0 saturated heterocycles. The van der Waals surface area contributed by atoms with Crippen molar-refractivity contribution >= 4 is 23.4 Å². The van der Waals surface area contributed by atoms with Gasteiger partial charge in [0.05, 0.1) is 12.3 Å². The van der Waals surface area contributed by atoms with E-state index >= 15 is 0 Å².